The van der Waals surface area contributed by atoms with Gasteiger partial charge in [0.05, 0.1) is 0 Å². The summed E-state index contributed by atoms with van der Waals surface area (Å²) in [5.41, 5.74) is 0. The van der Waals surface area contributed by atoms with E-state index in [1.54, 1.807) is 0 Å². The van der Waals surface area contributed by atoms with Gasteiger partial charge >= 0.3 is 5.97 Å². The second-order valence-electron chi connectivity index (χ2n) is 2.07. The number of unbranched alkanes of at least 4 members (excludes halogenated alkanes) is 1. The average Bonchev–Trinajstić information content (AvgIpc) is 1.88. The van der Waals surface area contributed by atoms with E-state index in [1.807, 2.05) is 0 Å². The van der Waals surface area contributed by atoms with Gasteiger partial charge in [-0.3, -0.25) is 0 Å². The molecule has 0 radical (unpaired) electrons. The summed E-state index contributed by atoms with van der Waals surface area (Å²) in [6.45, 7) is 0.0480. The molecule has 0 unspecified atom stereocenters. The van der Waals surface area contributed by atoms with Gasteiger partial charge in [-0.25, -0.2) is 4.79 Å². The van der Waals surface area contributed by atoms with Crippen molar-refractivity contribution in [2.75, 3.05) is 6.61 Å². The third kappa shape index (κ3) is 4.29. The molecule has 0 amide bonds. The first-order valence-corrected chi connectivity index (χ1v) is 3.20. The molecule has 4 heteroatoms. The maximum Gasteiger partial charge on any atom is 0.332 e. The number of carbonyl (C=O) groups is 1. The number of hydrogen-bond acceptors (Lipinski definition) is 3. The highest BCUT2D eigenvalue weighted by molar-refractivity contribution is 5.71. The van der Waals surface area contributed by atoms with E-state index in [4.69, 9.17) is 15.3 Å². The van der Waals surface area contributed by atoms with Crippen molar-refractivity contribution in [3.8, 4) is 0 Å². The van der Waals surface area contributed by atoms with Crippen LogP contribution in [0.2, 0.25) is 0 Å². The summed E-state index contributed by atoms with van der Waals surface area (Å²) in [5.74, 6) is -1.20. The second kappa shape index (κ2) is 5.20. The third-order valence-corrected chi connectivity index (χ3v) is 1.17. The quantitative estimate of drug-likeness (QED) is 0.463. The highest BCUT2D eigenvalue weighted by Crippen LogP contribution is 1.99. The van der Waals surface area contributed by atoms with Crippen molar-refractivity contribution in [1.82, 2.24) is 0 Å². The number of carboxylic acid groups (broad SMARTS) is 1. The zero-order valence-electron chi connectivity index (χ0n) is 5.66. The van der Waals surface area contributed by atoms with Crippen molar-refractivity contribution in [3.05, 3.63) is 0 Å². The molecule has 0 aromatic heterocycles. The predicted molar refractivity (Wildman–Crippen MR) is 34.6 cm³/mol. The fourth-order valence-electron chi connectivity index (χ4n) is 0.573. The van der Waals surface area contributed by atoms with Crippen molar-refractivity contribution >= 4 is 5.97 Å². The fraction of sp³-hybridized carbons (Fsp3) is 0.833. The lowest BCUT2D eigenvalue weighted by Gasteiger charge is -2.02. The van der Waals surface area contributed by atoms with Gasteiger partial charge in [0, 0.05) is 6.61 Å². The summed E-state index contributed by atoms with van der Waals surface area (Å²) >= 11 is 0. The Balaban J connectivity index is 3.21. The van der Waals surface area contributed by atoms with Crippen LogP contribution in [0.25, 0.3) is 0 Å². The van der Waals surface area contributed by atoms with E-state index >= 15 is 0 Å². The molecule has 0 aromatic rings. The third-order valence-electron chi connectivity index (χ3n) is 1.17. The number of carboxylic acids is 1. The van der Waals surface area contributed by atoms with Crippen LogP contribution in [0.4, 0.5) is 0 Å². The molecule has 0 aliphatic heterocycles. The zero-order chi connectivity index (χ0) is 7.98. The van der Waals surface area contributed by atoms with Crippen molar-refractivity contribution in [1.29, 1.82) is 0 Å². The molecule has 0 heterocycles. The van der Waals surface area contributed by atoms with E-state index in [1.165, 1.54) is 0 Å². The van der Waals surface area contributed by atoms with Gasteiger partial charge in [0.1, 0.15) is 0 Å². The first-order valence-electron chi connectivity index (χ1n) is 3.20. The van der Waals surface area contributed by atoms with Crippen LogP contribution in [0.15, 0.2) is 0 Å². The van der Waals surface area contributed by atoms with Gasteiger partial charge in [-0.1, -0.05) is 0 Å². The van der Waals surface area contributed by atoms with E-state index in [2.05, 4.69) is 0 Å². The SMILES string of the molecule is O=C(O)[C@@H](O)CCCCO. The van der Waals surface area contributed by atoms with Crippen molar-refractivity contribution in [2.45, 2.75) is 25.4 Å². The fourth-order valence-corrected chi connectivity index (χ4v) is 0.573. The van der Waals surface area contributed by atoms with Crippen LogP contribution in [-0.4, -0.2) is 34.0 Å². The standard InChI is InChI=1S/C6H12O4/c7-4-2-1-3-5(8)6(9)10/h5,7-8H,1-4H2,(H,9,10)/t5-/m0/s1. The van der Waals surface area contributed by atoms with Crippen molar-refractivity contribution in [2.24, 2.45) is 0 Å². The maximum absolute atomic E-state index is 9.98. The van der Waals surface area contributed by atoms with Gasteiger partial charge in [-0.2, -0.15) is 0 Å². The first kappa shape index (κ1) is 9.39. The molecule has 0 aliphatic rings. The largest absolute Gasteiger partial charge is 0.479 e. The highest BCUT2D eigenvalue weighted by Gasteiger charge is 2.10. The van der Waals surface area contributed by atoms with Gasteiger partial charge in [-0.15, -0.1) is 0 Å². The van der Waals surface area contributed by atoms with Crippen LogP contribution in [0.1, 0.15) is 19.3 Å². The van der Waals surface area contributed by atoms with E-state index in [9.17, 15) is 4.79 Å². The Hall–Kier alpha value is -0.610. The Morgan fingerprint density at radius 3 is 2.40 bits per heavy atom. The second-order valence-corrected chi connectivity index (χ2v) is 2.07. The van der Waals surface area contributed by atoms with Gasteiger partial charge < -0.3 is 15.3 Å². The van der Waals surface area contributed by atoms with E-state index in [0.717, 1.165) is 0 Å². The Morgan fingerprint density at radius 2 is 2.00 bits per heavy atom. The van der Waals surface area contributed by atoms with Gasteiger partial charge in [-0.05, 0) is 19.3 Å². The van der Waals surface area contributed by atoms with Gasteiger partial charge in [0.25, 0.3) is 0 Å². The maximum atomic E-state index is 9.98. The molecular weight excluding hydrogens is 136 g/mol. The molecule has 4 nitrogen and oxygen atoms in total. The lowest BCUT2D eigenvalue weighted by atomic mass is 10.1. The van der Waals surface area contributed by atoms with Crippen LogP contribution in [0.5, 0.6) is 0 Å². The van der Waals surface area contributed by atoms with E-state index < -0.39 is 12.1 Å². The predicted octanol–water partition coefficient (Wildman–Crippen LogP) is -0.406. The van der Waals surface area contributed by atoms with Crippen LogP contribution < -0.4 is 0 Å². The number of rotatable bonds is 5. The summed E-state index contributed by atoms with van der Waals surface area (Å²) in [6.07, 6.45) is 0.0380. The molecule has 60 valence electrons. The van der Waals surface area contributed by atoms with E-state index in [-0.39, 0.29) is 13.0 Å². The molecular formula is C6H12O4. The molecule has 0 saturated heterocycles. The Bertz CT molecular complexity index is 102. The smallest absolute Gasteiger partial charge is 0.332 e. The summed E-state index contributed by atoms with van der Waals surface area (Å²) in [7, 11) is 0. The van der Waals surface area contributed by atoms with Crippen LogP contribution in [0.3, 0.4) is 0 Å². The highest BCUT2D eigenvalue weighted by atomic mass is 16.4. The summed E-state index contributed by atoms with van der Waals surface area (Å²) < 4.78 is 0. The molecule has 0 rings (SSSR count). The summed E-state index contributed by atoms with van der Waals surface area (Å²) in [4.78, 5) is 9.98. The minimum Gasteiger partial charge on any atom is -0.479 e. The minimum absolute atomic E-state index is 0.0480. The first-order chi connectivity index (χ1) is 4.68. The van der Waals surface area contributed by atoms with Gasteiger partial charge in [0.2, 0.25) is 0 Å². The van der Waals surface area contributed by atoms with Crippen LogP contribution in [0, 0.1) is 0 Å². The van der Waals surface area contributed by atoms with Crippen molar-refractivity contribution in [3.63, 3.8) is 0 Å². The Labute approximate surface area is 59.1 Å². The zero-order valence-corrected chi connectivity index (χ0v) is 5.66. The topological polar surface area (TPSA) is 77.8 Å². The Kier molecular flexibility index (Phi) is 4.88. The number of hydrogen-bond donors (Lipinski definition) is 3. The number of aliphatic carboxylic acids is 1. The molecule has 0 spiro atoms. The van der Waals surface area contributed by atoms with Crippen LogP contribution in [-0.2, 0) is 4.79 Å². The molecule has 0 aliphatic carbocycles. The molecule has 0 bridgehead atoms. The van der Waals surface area contributed by atoms with Crippen LogP contribution >= 0.6 is 0 Å². The van der Waals surface area contributed by atoms with E-state index in [0.29, 0.717) is 12.8 Å². The lowest BCUT2D eigenvalue weighted by molar-refractivity contribution is -0.147. The van der Waals surface area contributed by atoms with Crippen molar-refractivity contribution < 1.29 is 20.1 Å². The summed E-state index contributed by atoms with van der Waals surface area (Å²) in [5, 5.41) is 25.1. The molecule has 0 aromatic carbocycles. The molecule has 1 atom stereocenters. The molecule has 0 fully saturated rings. The molecule has 10 heavy (non-hydrogen) atoms. The van der Waals surface area contributed by atoms with Gasteiger partial charge in [0.15, 0.2) is 6.10 Å². The lowest BCUT2D eigenvalue weighted by Crippen LogP contribution is -2.18. The molecule has 0 saturated carbocycles. The summed E-state index contributed by atoms with van der Waals surface area (Å²) in [6, 6.07) is 0. The average molecular weight is 148 g/mol. The normalized spacial score (nSPS) is 13.0. The number of aliphatic hydroxyl groups excluding tert-OH is 2. The monoisotopic (exact) mass is 148 g/mol. The minimum atomic E-state index is -1.27. The Morgan fingerprint density at radius 1 is 1.40 bits per heavy atom. The molecule has 3 N–H and O–H groups in total. The number of aliphatic hydroxyl groups is 2.